The normalized spacial score (nSPS) is 16.2. The van der Waals surface area contributed by atoms with Crippen molar-refractivity contribution in [1.29, 1.82) is 0 Å². The van der Waals surface area contributed by atoms with Crippen LogP contribution in [0, 0.1) is 0 Å². The number of carbonyl (C=O) groups excluding carboxylic acids is 1. The van der Waals surface area contributed by atoms with Crippen molar-refractivity contribution in [1.82, 2.24) is 24.2 Å². The number of rotatable bonds is 7. The van der Waals surface area contributed by atoms with Crippen LogP contribution in [0.2, 0.25) is 0 Å². The van der Waals surface area contributed by atoms with Crippen LogP contribution in [-0.2, 0) is 10.0 Å². The maximum absolute atomic E-state index is 13.0. The van der Waals surface area contributed by atoms with Gasteiger partial charge in [-0.05, 0) is 38.1 Å². The predicted molar refractivity (Wildman–Crippen MR) is 129 cm³/mol. The first-order valence-corrected chi connectivity index (χ1v) is 12.4. The Balaban J connectivity index is 1.43. The summed E-state index contributed by atoms with van der Waals surface area (Å²) in [6, 6.07) is 15.4. The van der Waals surface area contributed by atoms with Crippen LogP contribution in [0.25, 0.3) is 0 Å². The van der Waals surface area contributed by atoms with Crippen molar-refractivity contribution in [2.45, 2.75) is 24.8 Å². The molecule has 1 aliphatic heterocycles. The Hall–Kier alpha value is -3.41. The van der Waals surface area contributed by atoms with Crippen molar-refractivity contribution < 1.29 is 13.2 Å². The topological polar surface area (TPSA) is 134 Å². The van der Waals surface area contributed by atoms with Crippen molar-refractivity contribution in [3.8, 4) is 0 Å². The average molecular weight is 482 g/mol. The lowest BCUT2D eigenvalue weighted by Crippen LogP contribution is -2.49. The Labute approximate surface area is 198 Å². The number of hydrogen-bond acceptors (Lipinski definition) is 9. The van der Waals surface area contributed by atoms with E-state index in [4.69, 9.17) is 5.73 Å². The second-order valence-corrected chi connectivity index (χ2v) is 10.0. The van der Waals surface area contributed by atoms with E-state index in [9.17, 15) is 13.2 Å². The summed E-state index contributed by atoms with van der Waals surface area (Å²) in [7, 11) is -3.64. The number of benzene rings is 2. The molecule has 10 nitrogen and oxygen atoms in total. The monoisotopic (exact) mass is 481 g/mol. The molecule has 34 heavy (non-hydrogen) atoms. The van der Waals surface area contributed by atoms with Gasteiger partial charge in [0, 0.05) is 37.4 Å². The number of hydrogen-bond donors (Lipinski definition) is 2. The summed E-state index contributed by atoms with van der Waals surface area (Å²) in [5.41, 5.74) is 7.24. The van der Waals surface area contributed by atoms with Crippen LogP contribution in [0.1, 0.15) is 36.1 Å². The highest BCUT2D eigenvalue weighted by Gasteiger charge is 2.31. The van der Waals surface area contributed by atoms with Gasteiger partial charge in [0.15, 0.2) is 11.6 Å². The summed E-state index contributed by atoms with van der Waals surface area (Å²) in [6.07, 6.45) is 0. The summed E-state index contributed by atoms with van der Waals surface area (Å²) in [5.74, 6) is 0.885. The number of ketones is 1. The highest BCUT2D eigenvalue weighted by molar-refractivity contribution is 7.89. The van der Waals surface area contributed by atoms with Crippen molar-refractivity contribution in [2.24, 2.45) is 0 Å². The zero-order valence-corrected chi connectivity index (χ0v) is 19.9. The number of nitrogens with zero attached hydrogens (tertiary/aromatic N) is 5. The van der Waals surface area contributed by atoms with Crippen LogP contribution in [0.3, 0.4) is 0 Å². The van der Waals surface area contributed by atoms with Gasteiger partial charge in [0.25, 0.3) is 0 Å². The first-order chi connectivity index (χ1) is 16.2. The molecule has 1 aliphatic rings. The molecular weight excluding hydrogens is 454 g/mol. The summed E-state index contributed by atoms with van der Waals surface area (Å²) in [5, 5.41) is 3.13. The van der Waals surface area contributed by atoms with Gasteiger partial charge in [-0.25, -0.2) is 8.42 Å². The molecule has 4 rings (SSSR count). The third-order valence-electron chi connectivity index (χ3n) is 5.79. The van der Waals surface area contributed by atoms with E-state index in [1.807, 2.05) is 37.3 Å². The first-order valence-electron chi connectivity index (χ1n) is 10.9. The number of nitrogens with one attached hydrogen (secondary N) is 1. The predicted octanol–water partition coefficient (Wildman–Crippen LogP) is 2.47. The fraction of sp³-hybridized carbons (Fsp3) is 0.304. The van der Waals surface area contributed by atoms with Crippen LogP contribution in [0.4, 0.5) is 17.6 Å². The van der Waals surface area contributed by atoms with Gasteiger partial charge < -0.3 is 11.1 Å². The van der Waals surface area contributed by atoms with Crippen molar-refractivity contribution in [2.75, 3.05) is 37.2 Å². The number of aromatic nitrogens is 3. The fourth-order valence-electron chi connectivity index (χ4n) is 3.81. The standard InChI is InChI=1S/C23H27N7O3S/c1-16(21-26-22(24)28-23(27-21)25-19-6-4-3-5-7-19)29-12-14-30(15-13-29)34(32,33)20-10-8-18(9-11-20)17(2)31/h3-11,16H,12-15H2,1-2H3,(H3,24,25,26,27,28)/t16-/m1/s1. The van der Waals surface area contributed by atoms with E-state index in [-0.39, 0.29) is 22.7 Å². The van der Waals surface area contributed by atoms with Gasteiger partial charge in [0.1, 0.15) is 0 Å². The van der Waals surface area contributed by atoms with E-state index in [0.717, 1.165) is 5.69 Å². The van der Waals surface area contributed by atoms with E-state index in [2.05, 4.69) is 25.2 Å². The smallest absolute Gasteiger partial charge is 0.243 e. The SMILES string of the molecule is CC(=O)c1ccc(S(=O)(=O)N2CCN([C@H](C)c3nc(N)nc(Nc4ccccc4)n3)CC2)cc1. The molecule has 0 spiro atoms. The van der Waals surface area contributed by atoms with E-state index in [0.29, 0.717) is 43.5 Å². The molecule has 178 valence electrons. The van der Waals surface area contributed by atoms with Gasteiger partial charge in [-0.3, -0.25) is 9.69 Å². The lowest BCUT2D eigenvalue weighted by Gasteiger charge is -2.36. The van der Waals surface area contributed by atoms with Gasteiger partial charge in [0.05, 0.1) is 10.9 Å². The first kappa shape index (κ1) is 23.7. The second kappa shape index (κ2) is 9.84. The Morgan fingerprint density at radius 1 is 0.971 bits per heavy atom. The molecule has 11 heteroatoms. The number of para-hydroxylation sites is 1. The largest absolute Gasteiger partial charge is 0.368 e. The number of nitrogens with two attached hydrogens (primary N) is 1. The van der Waals surface area contributed by atoms with Crippen molar-refractivity contribution in [3.63, 3.8) is 0 Å². The number of sulfonamides is 1. The fourth-order valence-corrected chi connectivity index (χ4v) is 5.23. The highest BCUT2D eigenvalue weighted by atomic mass is 32.2. The molecule has 0 bridgehead atoms. The number of anilines is 3. The minimum Gasteiger partial charge on any atom is -0.368 e. The molecule has 1 aromatic heterocycles. The third-order valence-corrected chi connectivity index (χ3v) is 7.71. The summed E-state index contributed by atoms with van der Waals surface area (Å²) >= 11 is 0. The lowest BCUT2D eigenvalue weighted by molar-refractivity contribution is 0.101. The van der Waals surface area contributed by atoms with Crippen LogP contribution in [0.15, 0.2) is 59.5 Å². The molecule has 2 heterocycles. The Morgan fingerprint density at radius 3 is 2.24 bits per heavy atom. The van der Waals surface area contributed by atoms with Crippen LogP contribution >= 0.6 is 0 Å². The molecule has 1 saturated heterocycles. The van der Waals surface area contributed by atoms with E-state index >= 15 is 0 Å². The van der Waals surface area contributed by atoms with E-state index in [1.165, 1.54) is 23.4 Å². The molecule has 1 atom stereocenters. The second-order valence-electron chi connectivity index (χ2n) is 8.06. The average Bonchev–Trinajstić information content (AvgIpc) is 2.84. The van der Waals surface area contributed by atoms with Gasteiger partial charge >= 0.3 is 0 Å². The van der Waals surface area contributed by atoms with Gasteiger partial charge in [-0.2, -0.15) is 19.3 Å². The zero-order valence-electron chi connectivity index (χ0n) is 19.0. The molecule has 3 aromatic rings. The molecule has 2 aromatic carbocycles. The van der Waals surface area contributed by atoms with Crippen LogP contribution < -0.4 is 11.1 Å². The summed E-state index contributed by atoms with van der Waals surface area (Å²) in [4.78, 5) is 26.8. The maximum Gasteiger partial charge on any atom is 0.243 e. The van der Waals surface area contributed by atoms with Gasteiger partial charge in [-0.1, -0.05) is 30.3 Å². The molecule has 3 N–H and O–H groups in total. The number of piperazine rings is 1. The van der Waals surface area contributed by atoms with Crippen molar-refractivity contribution >= 4 is 33.4 Å². The zero-order chi connectivity index (χ0) is 24.3. The minimum atomic E-state index is -3.64. The highest BCUT2D eigenvalue weighted by Crippen LogP contribution is 2.24. The molecule has 0 unspecified atom stereocenters. The lowest BCUT2D eigenvalue weighted by atomic mass is 10.2. The van der Waals surface area contributed by atoms with Crippen LogP contribution in [0.5, 0.6) is 0 Å². The van der Waals surface area contributed by atoms with Gasteiger partial charge in [0.2, 0.25) is 21.9 Å². The van der Waals surface area contributed by atoms with Gasteiger partial charge in [-0.15, -0.1) is 0 Å². The molecule has 1 fully saturated rings. The number of Topliss-reactive ketones (excluding diaryl/α,β-unsaturated/α-hetero) is 1. The summed E-state index contributed by atoms with van der Waals surface area (Å²) in [6.45, 7) is 5.10. The Bertz CT molecular complexity index is 1260. The van der Waals surface area contributed by atoms with E-state index < -0.39 is 10.0 Å². The van der Waals surface area contributed by atoms with E-state index in [1.54, 1.807) is 12.1 Å². The number of nitrogen functional groups attached to an aromatic ring is 1. The Kier molecular flexibility index (Phi) is 6.87. The molecule has 0 amide bonds. The summed E-state index contributed by atoms with van der Waals surface area (Å²) < 4.78 is 27.5. The Morgan fingerprint density at radius 2 is 1.62 bits per heavy atom. The van der Waals surface area contributed by atoms with Crippen molar-refractivity contribution in [3.05, 3.63) is 66.0 Å². The molecule has 0 saturated carbocycles. The molecule has 0 radical (unpaired) electrons. The quantitative estimate of drug-likeness (QED) is 0.488. The maximum atomic E-state index is 13.0. The number of carbonyl (C=O) groups is 1. The minimum absolute atomic E-state index is 0.104. The molecular formula is C23H27N7O3S. The molecule has 0 aliphatic carbocycles. The van der Waals surface area contributed by atoms with Crippen LogP contribution in [-0.4, -0.2) is 64.5 Å². The third kappa shape index (κ3) is 5.22.